The summed E-state index contributed by atoms with van der Waals surface area (Å²) < 4.78 is 30.2. The van der Waals surface area contributed by atoms with Gasteiger partial charge in [0, 0.05) is 0 Å². The third kappa shape index (κ3) is 3.80. The summed E-state index contributed by atoms with van der Waals surface area (Å²) in [6.45, 7) is 12.1. The molecule has 132 valence electrons. The van der Waals surface area contributed by atoms with Gasteiger partial charge in [0.1, 0.15) is 24.4 Å². The topological polar surface area (TPSA) is 46.2 Å². The molecule has 3 aliphatic rings. The first-order valence-corrected chi connectivity index (χ1v) is 8.70. The number of hydrogen-bond acceptors (Lipinski definition) is 5. The molecule has 0 aromatic rings. The van der Waals surface area contributed by atoms with E-state index in [0.717, 1.165) is 6.42 Å². The van der Waals surface area contributed by atoms with Crippen molar-refractivity contribution in [3.8, 4) is 0 Å². The van der Waals surface area contributed by atoms with Gasteiger partial charge in [0.05, 0.1) is 0 Å². The molecule has 0 saturated carbocycles. The normalized spacial score (nSPS) is 41.4. The second kappa shape index (κ2) is 6.12. The Kier molecular flexibility index (Phi) is 4.62. The molecule has 5 heteroatoms. The average molecular weight is 326 g/mol. The van der Waals surface area contributed by atoms with E-state index >= 15 is 0 Å². The first-order chi connectivity index (χ1) is 10.7. The molecule has 23 heavy (non-hydrogen) atoms. The van der Waals surface area contributed by atoms with E-state index in [2.05, 4.69) is 26.0 Å². The number of rotatable bonds is 4. The molecule has 0 spiro atoms. The fraction of sp³-hybridized carbons (Fsp3) is 0.889. The summed E-state index contributed by atoms with van der Waals surface area (Å²) in [5.41, 5.74) is 0. The summed E-state index contributed by atoms with van der Waals surface area (Å²) in [5, 5.41) is 0. The maximum Gasteiger partial charge on any atom is 0.190 e. The summed E-state index contributed by atoms with van der Waals surface area (Å²) in [6, 6.07) is 0. The molecule has 0 unspecified atom stereocenters. The van der Waals surface area contributed by atoms with Crippen LogP contribution in [0.1, 0.15) is 54.4 Å². The van der Waals surface area contributed by atoms with Crippen LogP contribution in [-0.2, 0) is 23.7 Å². The summed E-state index contributed by atoms with van der Waals surface area (Å²) in [4.78, 5) is 0. The molecule has 3 heterocycles. The number of hydrogen-bond donors (Lipinski definition) is 0. The Hall–Kier alpha value is -0.460. The monoisotopic (exact) mass is 326 g/mol. The van der Waals surface area contributed by atoms with E-state index in [1.807, 2.05) is 27.7 Å². The van der Waals surface area contributed by atoms with Crippen molar-refractivity contribution in [1.29, 1.82) is 0 Å². The molecule has 0 radical (unpaired) electrons. The predicted octanol–water partition coefficient (Wildman–Crippen LogP) is 3.38. The highest BCUT2D eigenvalue weighted by atomic mass is 16.9. The standard InChI is InChI=1S/C18H30O5/c1-11(2)9-7-8-10-12-13-14(21-17(3,4)20-13)15-16(19-12)23-18(5,6)22-15/h8,10-16H,7,9H2,1-6H3/b10-8-/t12-,13+,14+,15-,16-/m1/s1. The van der Waals surface area contributed by atoms with Crippen LogP contribution in [0.5, 0.6) is 0 Å². The zero-order valence-corrected chi connectivity index (χ0v) is 15.1. The Morgan fingerprint density at radius 2 is 1.48 bits per heavy atom. The van der Waals surface area contributed by atoms with Crippen LogP contribution in [0.3, 0.4) is 0 Å². The molecule has 5 nitrogen and oxygen atoms in total. The Morgan fingerprint density at radius 3 is 2.17 bits per heavy atom. The van der Waals surface area contributed by atoms with Gasteiger partial charge in [0.2, 0.25) is 0 Å². The van der Waals surface area contributed by atoms with Crippen molar-refractivity contribution >= 4 is 0 Å². The molecule has 3 rings (SSSR count). The smallest absolute Gasteiger partial charge is 0.190 e. The van der Waals surface area contributed by atoms with Gasteiger partial charge in [0.15, 0.2) is 17.9 Å². The van der Waals surface area contributed by atoms with Crippen molar-refractivity contribution < 1.29 is 23.7 Å². The van der Waals surface area contributed by atoms with E-state index < -0.39 is 17.9 Å². The third-order valence-corrected chi connectivity index (χ3v) is 4.43. The van der Waals surface area contributed by atoms with Crippen molar-refractivity contribution in [2.45, 2.75) is 96.7 Å². The van der Waals surface area contributed by atoms with Crippen LogP contribution in [0.2, 0.25) is 0 Å². The molecular weight excluding hydrogens is 296 g/mol. The summed E-state index contributed by atoms with van der Waals surface area (Å²) in [5.74, 6) is -0.596. The third-order valence-electron chi connectivity index (χ3n) is 4.43. The minimum Gasteiger partial charge on any atom is -0.342 e. The zero-order valence-electron chi connectivity index (χ0n) is 15.1. The van der Waals surface area contributed by atoms with E-state index in [9.17, 15) is 0 Å². The van der Waals surface area contributed by atoms with Gasteiger partial charge in [-0.2, -0.15) is 0 Å². The molecular formula is C18H30O5. The number of fused-ring (bicyclic) bond motifs is 3. The average Bonchev–Trinajstić information content (AvgIpc) is 2.88. The molecule has 5 atom stereocenters. The Bertz CT molecular complexity index is 456. The highest BCUT2D eigenvalue weighted by Crippen LogP contribution is 2.44. The zero-order chi connectivity index (χ0) is 16.8. The second-order valence-corrected chi connectivity index (χ2v) is 8.03. The largest absolute Gasteiger partial charge is 0.342 e. The highest BCUT2D eigenvalue weighted by molar-refractivity contribution is 5.06. The first-order valence-electron chi connectivity index (χ1n) is 8.70. The van der Waals surface area contributed by atoms with Crippen molar-refractivity contribution in [2.24, 2.45) is 5.92 Å². The quantitative estimate of drug-likeness (QED) is 0.741. The molecule has 0 aromatic carbocycles. The lowest BCUT2D eigenvalue weighted by Gasteiger charge is -2.36. The van der Waals surface area contributed by atoms with Crippen molar-refractivity contribution in [1.82, 2.24) is 0 Å². The van der Waals surface area contributed by atoms with E-state index in [0.29, 0.717) is 5.92 Å². The maximum atomic E-state index is 6.12. The van der Waals surface area contributed by atoms with Crippen LogP contribution in [0.4, 0.5) is 0 Å². The molecule has 0 N–H and O–H groups in total. The number of ether oxygens (including phenoxy) is 5. The van der Waals surface area contributed by atoms with Gasteiger partial charge in [-0.15, -0.1) is 0 Å². The van der Waals surface area contributed by atoms with E-state index in [1.165, 1.54) is 6.42 Å². The van der Waals surface area contributed by atoms with Crippen LogP contribution < -0.4 is 0 Å². The molecule has 3 fully saturated rings. The van der Waals surface area contributed by atoms with Crippen LogP contribution in [0, 0.1) is 5.92 Å². The minimum atomic E-state index is -0.660. The van der Waals surface area contributed by atoms with Gasteiger partial charge < -0.3 is 23.7 Å². The molecule has 3 aliphatic heterocycles. The fourth-order valence-corrected chi connectivity index (χ4v) is 3.46. The molecule has 0 aromatic heterocycles. The van der Waals surface area contributed by atoms with Crippen molar-refractivity contribution in [2.75, 3.05) is 0 Å². The maximum absolute atomic E-state index is 6.12. The SMILES string of the molecule is CC(C)CC/C=C\[C@H]1O[C@@H]2OC(C)(C)O[C@@H]2[C@H]2OC(C)(C)O[C@H]21. The molecule has 0 amide bonds. The van der Waals surface area contributed by atoms with Gasteiger partial charge in [-0.3, -0.25) is 0 Å². The Morgan fingerprint density at radius 1 is 0.870 bits per heavy atom. The van der Waals surface area contributed by atoms with Crippen LogP contribution in [-0.4, -0.2) is 42.3 Å². The van der Waals surface area contributed by atoms with Gasteiger partial charge in [-0.05, 0) is 46.5 Å². The molecule has 3 saturated heterocycles. The summed E-state index contributed by atoms with van der Waals surface area (Å²) >= 11 is 0. The predicted molar refractivity (Wildman–Crippen MR) is 85.7 cm³/mol. The Balaban J connectivity index is 1.73. The molecule has 0 aliphatic carbocycles. The van der Waals surface area contributed by atoms with E-state index in [-0.39, 0.29) is 24.4 Å². The second-order valence-electron chi connectivity index (χ2n) is 8.03. The fourth-order valence-electron chi connectivity index (χ4n) is 3.46. The number of allylic oxidation sites excluding steroid dienone is 1. The lowest BCUT2D eigenvalue weighted by Crippen LogP contribution is -2.54. The first kappa shape index (κ1) is 17.4. The van der Waals surface area contributed by atoms with Crippen LogP contribution in [0.25, 0.3) is 0 Å². The lowest BCUT2D eigenvalue weighted by atomic mass is 9.98. The minimum absolute atomic E-state index is 0.168. The highest BCUT2D eigenvalue weighted by Gasteiger charge is 2.60. The van der Waals surface area contributed by atoms with Gasteiger partial charge >= 0.3 is 0 Å². The van der Waals surface area contributed by atoms with Crippen LogP contribution in [0.15, 0.2) is 12.2 Å². The van der Waals surface area contributed by atoms with Crippen molar-refractivity contribution in [3.05, 3.63) is 12.2 Å². The van der Waals surface area contributed by atoms with Gasteiger partial charge in [-0.25, -0.2) is 0 Å². The lowest BCUT2D eigenvalue weighted by molar-refractivity contribution is -0.222. The summed E-state index contributed by atoms with van der Waals surface area (Å²) in [6.07, 6.45) is 5.29. The van der Waals surface area contributed by atoms with Gasteiger partial charge in [0.25, 0.3) is 0 Å². The molecule has 0 bridgehead atoms. The van der Waals surface area contributed by atoms with E-state index in [4.69, 9.17) is 23.7 Å². The van der Waals surface area contributed by atoms with Crippen molar-refractivity contribution in [3.63, 3.8) is 0 Å². The summed E-state index contributed by atoms with van der Waals surface area (Å²) in [7, 11) is 0. The van der Waals surface area contributed by atoms with E-state index in [1.54, 1.807) is 0 Å². The van der Waals surface area contributed by atoms with Gasteiger partial charge in [-0.1, -0.05) is 26.0 Å². The van der Waals surface area contributed by atoms with Crippen LogP contribution >= 0.6 is 0 Å². The Labute approximate surface area is 139 Å².